The van der Waals surface area contributed by atoms with Crippen molar-refractivity contribution in [1.29, 1.82) is 5.26 Å². The fraction of sp³-hybridized carbons (Fsp3) is 0.444. The maximum atomic E-state index is 11.6. The summed E-state index contributed by atoms with van der Waals surface area (Å²) >= 11 is 0. The van der Waals surface area contributed by atoms with Gasteiger partial charge in [0.25, 0.3) is 5.88 Å². The van der Waals surface area contributed by atoms with Gasteiger partial charge in [0, 0.05) is 13.0 Å². The van der Waals surface area contributed by atoms with Crippen molar-refractivity contribution in [3.8, 4) is 6.07 Å². The Balaban J connectivity index is 2.26. The van der Waals surface area contributed by atoms with Crippen LogP contribution in [0.25, 0.3) is 0 Å². The van der Waals surface area contributed by atoms with Crippen molar-refractivity contribution in [2.24, 2.45) is 11.7 Å². The SMILES string of the molecule is N#Cc1cnoc1N1CC(CN)CC1=O. The normalized spacial score (nSPS) is 20.7. The van der Waals surface area contributed by atoms with Crippen LogP contribution < -0.4 is 10.6 Å². The van der Waals surface area contributed by atoms with Crippen molar-refractivity contribution in [2.45, 2.75) is 6.42 Å². The first-order chi connectivity index (χ1) is 7.26. The van der Waals surface area contributed by atoms with E-state index in [1.54, 1.807) is 0 Å². The highest BCUT2D eigenvalue weighted by Crippen LogP contribution is 2.26. The summed E-state index contributed by atoms with van der Waals surface area (Å²) in [6.45, 7) is 0.956. The van der Waals surface area contributed by atoms with E-state index in [1.807, 2.05) is 6.07 Å². The third-order valence-corrected chi connectivity index (χ3v) is 2.46. The van der Waals surface area contributed by atoms with E-state index < -0.39 is 0 Å². The molecule has 0 aromatic carbocycles. The van der Waals surface area contributed by atoms with E-state index in [4.69, 9.17) is 15.5 Å². The quantitative estimate of drug-likeness (QED) is 0.726. The van der Waals surface area contributed by atoms with Gasteiger partial charge in [-0.05, 0) is 12.5 Å². The van der Waals surface area contributed by atoms with Crippen LogP contribution in [0.5, 0.6) is 0 Å². The van der Waals surface area contributed by atoms with Gasteiger partial charge in [-0.1, -0.05) is 5.16 Å². The van der Waals surface area contributed by atoms with Crippen LogP contribution in [0.4, 0.5) is 5.88 Å². The van der Waals surface area contributed by atoms with Gasteiger partial charge in [-0.2, -0.15) is 5.26 Å². The Kier molecular flexibility index (Phi) is 2.39. The molecular weight excluding hydrogens is 196 g/mol. The summed E-state index contributed by atoms with van der Waals surface area (Å²) in [7, 11) is 0. The molecule has 1 aromatic rings. The minimum absolute atomic E-state index is 0.0706. The Morgan fingerprint density at radius 2 is 2.60 bits per heavy atom. The van der Waals surface area contributed by atoms with Crippen LogP contribution in [0.3, 0.4) is 0 Å². The smallest absolute Gasteiger partial charge is 0.251 e. The number of aromatic nitrogens is 1. The molecule has 6 nitrogen and oxygen atoms in total. The van der Waals surface area contributed by atoms with Crippen LogP contribution in [0, 0.1) is 17.2 Å². The van der Waals surface area contributed by atoms with Crippen molar-refractivity contribution in [1.82, 2.24) is 5.16 Å². The molecule has 1 aliphatic rings. The summed E-state index contributed by atoms with van der Waals surface area (Å²) in [6, 6.07) is 1.92. The van der Waals surface area contributed by atoms with Gasteiger partial charge in [-0.3, -0.25) is 9.69 Å². The van der Waals surface area contributed by atoms with Gasteiger partial charge in [0.1, 0.15) is 11.6 Å². The standard InChI is InChI=1S/C9H10N4O2/c10-2-6-1-8(14)13(5-6)9-7(3-11)4-12-15-9/h4,6H,1-2,5,10H2. The zero-order valence-corrected chi connectivity index (χ0v) is 8.01. The molecule has 0 saturated carbocycles. The lowest BCUT2D eigenvalue weighted by Gasteiger charge is -2.11. The molecule has 1 atom stereocenters. The highest BCUT2D eigenvalue weighted by molar-refractivity contribution is 5.95. The molecule has 2 rings (SSSR count). The first-order valence-electron chi connectivity index (χ1n) is 4.61. The van der Waals surface area contributed by atoms with Crippen molar-refractivity contribution >= 4 is 11.8 Å². The molecule has 0 aliphatic carbocycles. The Labute approximate surface area is 86.2 Å². The van der Waals surface area contributed by atoms with Crippen LogP contribution in [-0.4, -0.2) is 24.2 Å². The van der Waals surface area contributed by atoms with Crippen molar-refractivity contribution in [3.63, 3.8) is 0 Å². The topological polar surface area (TPSA) is 96.2 Å². The molecule has 6 heteroatoms. The van der Waals surface area contributed by atoms with E-state index >= 15 is 0 Å². The zero-order chi connectivity index (χ0) is 10.8. The number of nitriles is 1. The first kappa shape index (κ1) is 9.68. The van der Waals surface area contributed by atoms with Crippen LogP contribution in [0.1, 0.15) is 12.0 Å². The molecule has 1 aliphatic heterocycles. The first-order valence-corrected chi connectivity index (χ1v) is 4.61. The van der Waals surface area contributed by atoms with Crippen LogP contribution >= 0.6 is 0 Å². The number of anilines is 1. The molecule has 0 bridgehead atoms. The Morgan fingerprint density at radius 1 is 1.80 bits per heavy atom. The number of amides is 1. The molecule has 2 N–H and O–H groups in total. The number of carbonyl (C=O) groups excluding carboxylic acids is 1. The van der Waals surface area contributed by atoms with Crippen molar-refractivity contribution in [3.05, 3.63) is 11.8 Å². The second kappa shape index (κ2) is 3.71. The Hall–Kier alpha value is -1.87. The molecule has 78 valence electrons. The van der Waals surface area contributed by atoms with E-state index in [-0.39, 0.29) is 23.3 Å². The molecule has 1 unspecified atom stereocenters. The summed E-state index contributed by atoms with van der Waals surface area (Å²) < 4.78 is 4.89. The van der Waals surface area contributed by atoms with Crippen molar-refractivity contribution in [2.75, 3.05) is 18.0 Å². The van der Waals surface area contributed by atoms with Gasteiger partial charge < -0.3 is 10.3 Å². The lowest BCUT2D eigenvalue weighted by atomic mass is 10.1. The number of nitrogens with two attached hydrogens (primary N) is 1. The van der Waals surface area contributed by atoms with E-state index in [2.05, 4.69) is 5.16 Å². The highest BCUT2D eigenvalue weighted by atomic mass is 16.5. The van der Waals surface area contributed by atoms with Gasteiger partial charge in [-0.15, -0.1) is 0 Å². The summed E-state index contributed by atoms with van der Waals surface area (Å²) in [5, 5.41) is 12.3. The maximum absolute atomic E-state index is 11.6. The summed E-state index contributed by atoms with van der Waals surface area (Å²) in [4.78, 5) is 13.0. The van der Waals surface area contributed by atoms with Gasteiger partial charge in [-0.25, -0.2) is 0 Å². The molecule has 15 heavy (non-hydrogen) atoms. The van der Waals surface area contributed by atoms with Gasteiger partial charge in [0.05, 0.1) is 6.20 Å². The largest absolute Gasteiger partial charge is 0.337 e. The molecule has 1 amide bonds. The Morgan fingerprint density at radius 3 is 3.20 bits per heavy atom. The third-order valence-electron chi connectivity index (χ3n) is 2.46. The lowest BCUT2D eigenvalue weighted by Crippen LogP contribution is -2.25. The predicted molar refractivity (Wildman–Crippen MR) is 50.7 cm³/mol. The molecule has 1 aromatic heterocycles. The zero-order valence-electron chi connectivity index (χ0n) is 8.01. The summed E-state index contributed by atoms with van der Waals surface area (Å²) in [5.74, 6) is 0.297. The molecule has 1 fully saturated rings. The molecular formula is C9H10N4O2. The van der Waals surface area contributed by atoms with Crippen molar-refractivity contribution < 1.29 is 9.32 Å². The van der Waals surface area contributed by atoms with Gasteiger partial charge >= 0.3 is 0 Å². The molecule has 0 spiro atoms. The van der Waals surface area contributed by atoms with Gasteiger partial charge in [0.2, 0.25) is 5.91 Å². The van der Waals surface area contributed by atoms with Gasteiger partial charge in [0.15, 0.2) is 0 Å². The lowest BCUT2D eigenvalue weighted by molar-refractivity contribution is -0.117. The Bertz CT molecular complexity index is 420. The molecule has 2 heterocycles. The van der Waals surface area contributed by atoms with E-state index in [0.717, 1.165) is 0 Å². The number of hydrogen-bond donors (Lipinski definition) is 1. The average Bonchev–Trinajstić information content (AvgIpc) is 2.82. The summed E-state index contributed by atoms with van der Waals surface area (Å²) in [6.07, 6.45) is 1.71. The number of hydrogen-bond acceptors (Lipinski definition) is 5. The molecule has 0 radical (unpaired) electrons. The fourth-order valence-corrected chi connectivity index (χ4v) is 1.64. The second-order valence-electron chi connectivity index (χ2n) is 3.47. The number of rotatable bonds is 2. The van der Waals surface area contributed by atoms with E-state index in [1.165, 1.54) is 11.1 Å². The monoisotopic (exact) mass is 206 g/mol. The van der Waals surface area contributed by atoms with Crippen LogP contribution in [0.15, 0.2) is 10.7 Å². The maximum Gasteiger partial charge on any atom is 0.251 e. The fourth-order valence-electron chi connectivity index (χ4n) is 1.64. The second-order valence-corrected chi connectivity index (χ2v) is 3.47. The average molecular weight is 206 g/mol. The minimum Gasteiger partial charge on any atom is -0.337 e. The summed E-state index contributed by atoms with van der Waals surface area (Å²) in [5.41, 5.74) is 5.77. The predicted octanol–water partition coefficient (Wildman–Crippen LogP) is -0.142. The van der Waals surface area contributed by atoms with Crippen LogP contribution in [-0.2, 0) is 4.79 Å². The van der Waals surface area contributed by atoms with Crippen LogP contribution in [0.2, 0.25) is 0 Å². The highest BCUT2D eigenvalue weighted by Gasteiger charge is 2.33. The minimum atomic E-state index is -0.0706. The number of carbonyl (C=O) groups is 1. The van der Waals surface area contributed by atoms with E-state index in [0.29, 0.717) is 19.5 Å². The van der Waals surface area contributed by atoms with E-state index in [9.17, 15) is 4.79 Å². The number of nitrogens with zero attached hydrogens (tertiary/aromatic N) is 3. The molecule has 1 saturated heterocycles. The third kappa shape index (κ3) is 1.57.